The van der Waals surface area contributed by atoms with Crippen LogP contribution >= 0.6 is 0 Å². The molecule has 2 aliphatic rings. The highest BCUT2D eigenvalue weighted by Crippen LogP contribution is 2.47. The van der Waals surface area contributed by atoms with Crippen LogP contribution in [-0.4, -0.2) is 11.4 Å². The number of nitrogens with zero attached hydrogens (tertiary/aromatic N) is 2. The zero-order valence-corrected chi connectivity index (χ0v) is 23.3. The Balaban J connectivity index is 1.43. The number of rotatable bonds is 1. The van der Waals surface area contributed by atoms with Crippen LogP contribution in [-0.2, 0) is 0 Å². The molecule has 196 valence electrons. The number of anilines is 2. The summed E-state index contributed by atoms with van der Waals surface area (Å²) in [5, 5.41) is 4.92. The zero-order chi connectivity index (χ0) is 27.7. The van der Waals surface area contributed by atoms with Gasteiger partial charge in [-0.2, -0.15) is 0 Å². The predicted octanol–water partition coefficient (Wildman–Crippen LogP) is 8.54. The summed E-state index contributed by atoms with van der Waals surface area (Å²) in [6.45, 7) is 4.48. The Labute approximate surface area is 243 Å². The van der Waals surface area contributed by atoms with Crippen LogP contribution in [0.15, 0.2) is 120 Å². The molecule has 42 heavy (non-hydrogen) atoms. The van der Waals surface area contributed by atoms with Crippen LogP contribution in [0.3, 0.4) is 0 Å². The normalized spacial score (nSPS) is 13.4. The molecule has 8 aromatic rings. The molecule has 2 aliphatic heterocycles. The number of aromatic nitrogens is 1. The average molecular weight is 536 g/mol. The molecular weight excluding hydrogens is 511 g/mol. The second-order valence-corrected chi connectivity index (χ2v) is 11.9. The quantitative estimate of drug-likeness (QED) is 0.196. The van der Waals surface area contributed by atoms with E-state index in [0.29, 0.717) is 0 Å². The molecule has 0 amide bonds. The molecule has 0 aliphatic carbocycles. The van der Waals surface area contributed by atoms with Crippen LogP contribution < -0.4 is 15.7 Å². The van der Waals surface area contributed by atoms with Gasteiger partial charge in [0, 0.05) is 44.2 Å². The molecule has 4 heteroatoms. The van der Waals surface area contributed by atoms with E-state index in [1.165, 1.54) is 72.0 Å². The topological polar surface area (TPSA) is 21.3 Å². The van der Waals surface area contributed by atoms with E-state index in [1.54, 1.807) is 0 Å². The lowest BCUT2D eigenvalue weighted by molar-refractivity contribution is 0.669. The molecule has 4 heterocycles. The maximum Gasteiger partial charge on any atom is 0.333 e. The summed E-state index contributed by atoms with van der Waals surface area (Å²) >= 11 is 0. The summed E-state index contributed by atoms with van der Waals surface area (Å²) in [4.78, 5) is 2.60. The van der Waals surface area contributed by atoms with Crippen molar-refractivity contribution in [2.24, 2.45) is 0 Å². The Morgan fingerprint density at radius 3 is 2.26 bits per heavy atom. The first-order chi connectivity index (χ1) is 20.7. The maximum atomic E-state index is 6.45. The SMILES string of the molecule is Cc1cc2c3c(c1)-n1c4ccccc4c4cccc(c41)B3N(c1ccccc1C)c1cc3c(cc1-2)oc1ccccc13. The number of hydrogen-bond donors (Lipinski definition) is 0. The fourth-order valence-corrected chi connectivity index (χ4v) is 7.83. The van der Waals surface area contributed by atoms with Gasteiger partial charge in [-0.25, -0.2) is 0 Å². The van der Waals surface area contributed by atoms with Crippen molar-refractivity contribution >= 4 is 72.9 Å². The van der Waals surface area contributed by atoms with E-state index in [2.05, 4.69) is 132 Å². The molecule has 0 atom stereocenters. The molecule has 0 fully saturated rings. The van der Waals surface area contributed by atoms with Crippen LogP contribution in [0.4, 0.5) is 11.4 Å². The van der Waals surface area contributed by atoms with Gasteiger partial charge >= 0.3 is 6.85 Å². The van der Waals surface area contributed by atoms with Gasteiger partial charge in [0.2, 0.25) is 0 Å². The molecule has 0 saturated carbocycles. The Bertz CT molecular complexity index is 2460. The summed E-state index contributed by atoms with van der Waals surface area (Å²) in [6, 6.07) is 42.3. The van der Waals surface area contributed by atoms with Crippen LogP contribution in [0.2, 0.25) is 0 Å². The first-order valence-corrected chi connectivity index (χ1v) is 14.6. The molecule has 0 bridgehead atoms. The zero-order valence-electron chi connectivity index (χ0n) is 23.3. The van der Waals surface area contributed by atoms with Crippen LogP contribution in [0.5, 0.6) is 0 Å². The first kappa shape index (κ1) is 22.5. The van der Waals surface area contributed by atoms with E-state index < -0.39 is 0 Å². The largest absolute Gasteiger partial charge is 0.456 e. The molecule has 0 saturated heterocycles. The van der Waals surface area contributed by atoms with Crippen LogP contribution in [0, 0.1) is 13.8 Å². The van der Waals surface area contributed by atoms with Crippen molar-refractivity contribution in [3.8, 4) is 16.8 Å². The van der Waals surface area contributed by atoms with Gasteiger partial charge in [-0.15, -0.1) is 0 Å². The number of hydrogen-bond acceptors (Lipinski definition) is 2. The van der Waals surface area contributed by atoms with Crippen molar-refractivity contribution in [3.05, 3.63) is 126 Å². The third-order valence-electron chi connectivity index (χ3n) is 9.52. The third-order valence-corrected chi connectivity index (χ3v) is 9.52. The van der Waals surface area contributed by atoms with Gasteiger partial charge in [-0.1, -0.05) is 78.9 Å². The van der Waals surface area contributed by atoms with Crippen molar-refractivity contribution in [1.82, 2.24) is 4.57 Å². The van der Waals surface area contributed by atoms with Gasteiger partial charge < -0.3 is 13.8 Å². The number of para-hydroxylation sites is 4. The first-order valence-electron chi connectivity index (χ1n) is 14.6. The van der Waals surface area contributed by atoms with E-state index in [1.807, 2.05) is 6.07 Å². The van der Waals surface area contributed by atoms with Crippen molar-refractivity contribution in [2.75, 3.05) is 4.81 Å². The Hall–Kier alpha value is -5.22. The van der Waals surface area contributed by atoms with E-state index in [-0.39, 0.29) is 6.85 Å². The average Bonchev–Trinajstić information content (AvgIpc) is 3.55. The summed E-state index contributed by atoms with van der Waals surface area (Å²) in [7, 11) is 0. The molecular formula is C38H25BN2O. The standard InChI is InChI=1S/C38H25BN2O/c1-22-18-29-27-21-36-28(25-12-5-8-17-35(25)42-36)20-33(27)41(31-15-6-3-10-23(31)2)39-30-14-9-13-26-24-11-4-7-16-32(24)40(38(26)30)34(19-22)37(29)39/h3-21H,1-2H3. The van der Waals surface area contributed by atoms with Crippen molar-refractivity contribution in [2.45, 2.75) is 13.8 Å². The number of furan rings is 1. The van der Waals surface area contributed by atoms with Gasteiger partial charge in [-0.3, -0.25) is 0 Å². The number of fused-ring (bicyclic) bond motifs is 10. The van der Waals surface area contributed by atoms with E-state index in [4.69, 9.17) is 4.42 Å². The van der Waals surface area contributed by atoms with Gasteiger partial charge in [0.05, 0.1) is 11.0 Å². The monoisotopic (exact) mass is 536 g/mol. The number of benzene rings is 6. The highest BCUT2D eigenvalue weighted by molar-refractivity contribution is 6.93. The molecule has 10 rings (SSSR count). The Morgan fingerprint density at radius 2 is 1.36 bits per heavy atom. The Kier molecular flexibility index (Phi) is 4.14. The fraction of sp³-hybridized carbons (Fsp3) is 0.0526. The maximum absolute atomic E-state index is 6.45. The molecule has 6 aromatic carbocycles. The van der Waals surface area contributed by atoms with Crippen molar-refractivity contribution < 1.29 is 4.42 Å². The summed E-state index contributed by atoms with van der Waals surface area (Å²) < 4.78 is 8.97. The van der Waals surface area contributed by atoms with E-state index in [0.717, 1.165) is 21.9 Å². The molecule has 0 radical (unpaired) electrons. The second kappa shape index (κ2) is 7.74. The Morgan fingerprint density at radius 1 is 0.571 bits per heavy atom. The van der Waals surface area contributed by atoms with Crippen LogP contribution in [0.25, 0.3) is 60.6 Å². The lowest BCUT2D eigenvalue weighted by Crippen LogP contribution is -2.60. The third kappa shape index (κ3) is 2.68. The minimum absolute atomic E-state index is 0.0281. The smallest absolute Gasteiger partial charge is 0.333 e. The van der Waals surface area contributed by atoms with Gasteiger partial charge in [0.25, 0.3) is 0 Å². The van der Waals surface area contributed by atoms with Crippen molar-refractivity contribution in [1.29, 1.82) is 0 Å². The molecule has 0 spiro atoms. The highest BCUT2D eigenvalue weighted by Gasteiger charge is 2.44. The summed E-state index contributed by atoms with van der Waals surface area (Å²) in [6.07, 6.45) is 0. The van der Waals surface area contributed by atoms with Gasteiger partial charge in [-0.05, 0) is 77.9 Å². The minimum atomic E-state index is 0.0281. The molecule has 2 aromatic heterocycles. The lowest BCUT2D eigenvalue weighted by atomic mass is 9.44. The molecule has 3 nitrogen and oxygen atoms in total. The van der Waals surface area contributed by atoms with E-state index >= 15 is 0 Å². The van der Waals surface area contributed by atoms with Crippen LogP contribution in [0.1, 0.15) is 11.1 Å². The minimum Gasteiger partial charge on any atom is -0.456 e. The number of aryl methyl sites for hydroxylation is 2. The van der Waals surface area contributed by atoms with Crippen molar-refractivity contribution in [3.63, 3.8) is 0 Å². The van der Waals surface area contributed by atoms with E-state index in [9.17, 15) is 0 Å². The second-order valence-electron chi connectivity index (χ2n) is 11.9. The highest BCUT2D eigenvalue weighted by atomic mass is 16.3. The predicted molar refractivity (Wildman–Crippen MR) is 177 cm³/mol. The molecule has 0 N–H and O–H groups in total. The fourth-order valence-electron chi connectivity index (χ4n) is 7.83. The molecule has 0 unspecified atom stereocenters. The van der Waals surface area contributed by atoms with Gasteiger partial charge in [0.1, 0.15) is 11.2 Å². The van der Waals surface area contributed by atoms with Gasteiger partial charge in [0.15, 0.2) is 0 Å². The summed E-state index contributed by atoms with van der Waals surface area (Å²) in [5.74, 6) is 0. The lowest BCUT2D eigenvalue weighted by Gasteiger charge is -2.42. The summed E-state index contributed by atoms with van der Waals surface area (Å²) in [5.41, 5.74) is 15.9.